The van der Waals surface area contributed by atoms with E-state index in [-0.39, 0.29) is 24.1 Å². The minimum atomic E-state index is -0.723. The van der Waals surface area contributed by atoms with Crippen molar-refractivity contribution in [1.82, 2.24) is 4.98 Å². The van der Waals surface area contributed by atoms with Crippen molar-refractivity contribution >= 4 is 17.9 Å². The molecule has 1 aromatic heterocycles. The van der Waals surface area contributed by atoms with E-state index in [0.717, 1.165) is 33.8 Å². The Bertz CT molecular complexity index is 1090. The van der Waals surface area contributed by atoms with Gasteiger partial charge in [0.15, 0.2) is 0 Å². The van der Waals surface area contributed by atoms with Crippen molar-refractivity contribution in [1.29, 1.82) is 0 Å². The standard InChI is InChI=1S/C28H37FN2O4/c1-16(2)22-12-18(8-11-24(22)29)26-21(10-9-20-13-19(32)14-25(33)35-20)27(17(3)4)30-28(31(5)6)23(26)15-34-7/h8-12,16-17,19-20,32H,13-15H2,1-7H3/b10-9+. The van der Waals surface area contributed by atoms with Gasteiger partial charge in [0.25, 0.3) is 0 Å². The van der Waals surface area contributed by atoms with Crippen molar-refractivity contribution in [3.8, 4) is 11.1 Å². The first kappa shape index (κ1) is 26.8. The number of anilines is 1. The second kappa shape index (κ2) is 11.3. The molecule has 1 aliphatic rings. The quantitative estimate of drug-likeness (QED) is 0.504. The molecule has 2 unspecified atom stereocenters. The molecule has 1 aliphatic heterocycles. The first-order valence-corrected chi connectivity index (χ1v) is 12.1. The molecule has 1 N–H and O–H groups in total. The average molecular weight is 485 g/mol. The van der Waals surface area contributed by atoms with Crippen LogP contribution in [0.3, 0.4) is 0 Å². The number of aliphatic hydroxyl groups excluding tert-OH is 1. The van der Waals surface area contributed by atoms with Crippen molar-refractivity contribution in [2.45, 2.75) is 71.2 Å². The molecule has 190 valence electrons. The van der Waals surface area contributed by atoms with Gasteiger partial charge in [0.1, 0.15) is 17.7 Å². The van der Waals surface area contributed by atoms with Crippen LogP contribution in [0.15, 0.2) is 24.3 Å². The number of benzene rings is 1. The number of rotatable bonds is 8. The Morgan fingerprint density at radius 1 is 1.26 bits per heavy atom. The summed E-state index contributed by atoms with van der Waals surface area (Å²) in [7, 11) is 5.53. The molecule has 0 spiro atoms. The fourth-order valence-electron chi connectivity index (χ4n) is 4.51. The molecule has 6 nitrogen and oxygen atoms in total. The fourth-order valence-corrected chi connectivity index (χ4v) is 4.51. The normalized spacial score (nSPS) is 18.5. The van der Waals surface area contributed by atoms with Crippen LogP contribution < -0.4 is 4.90 Å². The SMILES string of the molecule is COCc1c(N(C)C)nc(C(C)C)c(/C=C/C2CC(O)CC(=O)O2)c1-c1ccc(F)c(C(C)C)c1. The number of carbonyl (C=O) groups excluding carboxylic acids is 1. The number of aromatic nitrogens is 1. The Labute approximate surface area is 207 Å². The molecule has 1 aromatic carbocycles. The van der Waals surface area contributed by atoms with Gasteiger partial charge in [-0.25, -0.2) is 9.37 Å². The van der Waals surface area contributed by atoms with Crippen LogP contribution in [0.2, 0.25) is 0 Å². The summed E-state index contributed by atoms with van der Waals surface area (Å²) in [5.41, 5.74) is 5.06. The predicted octanol–water partition coefficient (Wildman–Crippen LogP) is 5.43. The number of carbonyl (C=O) groups is 1. The van der Waals surface area contributed by atoms with Gasteiger partial charge in [-0.05, 0) is 46.7 Å². The number of halogens is 1. The van der Waals surface area contributed by atoms with Gasteiger partial charge in [-0.15, -0.1) is 0 Å². The number of hydrogen-bond donors (Lipinski definition) is 1. The highest BCUT2D eigenvalue weighted by atomic mass is 19.1. The van der Waals surface area contributed by atoms with Crippen LogP contribution >= 0.6 is 0 Å². The Morgan fingerprint density at radius 3 is 2.54 bits per heavy atom. The molecule has 0 radical (unpaired) electrons. The molecule has 0 bridgehead atoms. The predicted molar refractivity (Wildman–Crippen MR) is 137 cm³/mol. The zero-order valence-corrected chi connectivity index (χ0v) is 21.8. The van der Waals surface area contributed by atoms with Crippen LogP contribution in [0.25, 0.3) is 17.2 Å². The van der Waals surface area contributed by atoms with Crippen LogP contribution in [-0.4, -0.2) is 49.5 Å². The van der Waals surface area contributed by atoms with Gasteiger partial charge in [-0.1, -0.05) is 39.8 Å². The molecule has 2 atom stereocenters. The van der Waals surface area contributed by atoms with Crippen LogP contribution in [0, 0.1) is 5.82 Å². The number of esters is 1. The molecule has 1 fully saturated rings. The number of ether oxygens (including phenoxy) is 2. The van der Waals surface area contributed by atoms with E-state index in [1.165, 1.54) is 6.07 Å². The fraction of sp³-hybridized carbons (Fsp3) is 0.500. The third kappa shape index (κ3) is 6.08. The van der Waals surface area contributed by atoms with E-state index in [0.29, 0.717) is 18.6 Å². The van der Waals surface area contributed by atoms with Crippen molar-refractivity contribution in [3.63, 3.8) is 0 Å². The Kier molecular flexibility index (Phi) is 8.67. The summed E-state index contributed by atoms with van der Waals surface area (Å²) in [4.78, 5) is 18.8. The molecule has 0 aliphatic carbocycles. The van der Waals surface area contributed by atoms with E-state index in [1.807, 2.05) is 51.1 Å². The van der Waals surface area contributed by atoms with Gasteiger partial charge < -0.3 is 19.5 Å². The zero-order chi connectivity index (χ0) is 25.9. The maximum absolute atomic E-state index is 14.6. The molecule has 7 heteroatoms. The number of aliphatic hydroxyl groups is 1. The highest BCUT2D eigenvalue weighted by molar-refractivity contribution is 5.83. The van der Waals surface area contributed by atoms with Gasteiger partial charge in [-0.2, -0.15) is 0 Å². The number of nitrogens with zero attached hydrogens (tertiary/aromatic N) is 2. The van der Waals surface area contributed by atoms with Gasteiger partial charge >= 0.3 is 5.97 Å². The third-order valence-electron chi connectivity index (χ3n) is 6.18. The summed E-state index contributed by atoms with van der Waals surface area (Å²) in [6, 6.07) is 5.21. The average Bonchev–Trinajstić information content (AvgIpc) is 2.77. The lowest BCUT2D eigenvalue weighted by atomic mass is 9.88. The van der Waals surface area contributed by atoms with E-state index in [9.17, 15) is 14.3 Å². The number of cyclic esters (lactones) is 1. The summed E-state index contributed by atoms with van der Waals surface area (Å²) < 4.78 is 25.7. The maximum atomic E-state index is 14.6. The van der Waals surface area contributed by atoms with Crippen LogP contribution in [0.1, 0.15) is 74.8 Å². The largest absolute Gasteiger partial charge is 0.458 e. The third-order valence-corrected chi connectivity index (χ3v) is 6.18. The molecule has 2 heterocycles. The van der Waals surface area contributed by atoms with Gasteiger partial charge in [0, 0.05) is 38.8 Å². The Morgan fingerprint density at radius 2 is 1.97 bits per heavy atom. The monoisotopic (exact) mass is 484 g/mol. The van der Waals surface area contributed by atoms with E-state index in [2.05, 4.69) is 13.8 Å². The van der Waals surface area contributed by atoms with Crippen LogP contribution in [0.4, 0.5) is 10.2 Å². The smallest absolute Gasteiger partial charge is 0.309 e. The van der Waals surface area contributed by atoms with Gasteiger partial charge in [0.05, 0.1) is 24.8 Å². The number of pyridine rings is 1. The molecule has 0 saturated carbocycles. The minimum Gasteiger partial charge on any atom is -0.458 e. The van der Waals surface area contributed by atoms with E-state index < -0.39 is 18.2 Å². The molecular weight excluding hydrogens is 447 g/mol. The Hall–Kier alpha value is -2.77. The summed E-state index contributed by atoms with van der Waals surface area (Å²) in [5, 5.41) is 10.0. The van der Waals surface area contributed by atoms with Crippen LogP contribution in [-0.2, 0) is 20.9 Å². The molecule has 0 amide bonds. The van der Waals surface area contributed by atoms with Crippen molar-refractivity contribution in [3.05, 3.63) is 52.5 Å². The summed E-state index contributed by atoms with van der Waals surface area (Å²) in [6.07, 6.45) is 2.83. The summed E-state index contributed by atoms with van der Waals surface area (Å²) in [6.45, 7) is 8.42. The lowest BCUT2D eigenvalue weighted by Gasteiger charge is -2.26. The van der Waals surface area contributed by atoms with Gasteiger partial charge in [-0.3, -0.25) is 4.79 Å². The van der Waals surface area contributed by atoms with E-state index in [1.54, 1.807) is 13.2 Å². The molecule has 3 rings (SSSR count). The van der Waals surface area contributed by atoms with Gasteiger partial charge in [0.2, 0.25) is 0 Å². The highest BCUT2D eigenvalue weighted by Crippen LogP contribution is 2.39. The second-order valence-corrected chi connectivity index (χ2v) is 9.94. The molecular formula is C28H37FN2O4. The highest BCUT2D eigenvalue weighted by Gasteiger charge is 2.27. The lowest BCUT2D eigenvalue weighted by molar-refractivity contribution is -0.156. The molecule has 1 saturated heterocycles. The second-order valence-electron chi connectivity index (χ2n) is 9.94. The van der Waals surface area contributed by atoms with Crippen molar-refractivity contribution in [2.24, 2.45) is 0 Å². The number of hydrogen-bond acceptors (Lipinski definition) is 6. The minimum absolute atomic E-state index is 0.0114. The number of methoxy groups -OCH3 is 1. The van der Waals surface area contributed by atoms with Crippen molar-refractivity contribution < 1.29 is 23.8 Å². The first-order valence-electron chi connectivity index (χ1n) is 12.1. The summed E-state index contributed by atoms with van der Waals surface area (Å²) >= 11 is 0. The molecule has 2 aromatic rings. The zero-order valence-electron chi connectivity index (χ0n) is 21.8. The van der Waals surface area contributed by atoms with E-state index in [4.69, 9.17) is 14.5 Å². The Balaban J connectivity index is 2.31. The topological polar surface area (TPSA) is 71.9 Å². The molecule has 35 heavy (non-hydrogen) atoms. The lowest BCUT2D eigenvalue weighted by Crippen LogP contribution is -2.31. The summed E-state index contributed by atoms with van der Waals surface area (Å²) in [5.74, 6) is 0.251. The van der Waals surface area contributed by atoms with E-state index >= 15 is 0 Å². The maximum Gasteiger partial charge on any atom is 0.309 e. The van der Waals surface area contributed by atoms with Crippen molar-refractivity contribution in [2.75, 3.05) is 26.1 Å². The first-order chi connectivity index (χ1) is 16.5. The van der Waals surface area contributed by atoms with Crippen LogP contribution in [0.5, 0.6) is 0 Å².